The molecule has 0 aliphatic heterocycles. The highest BCUT2D eigenvalue weighted by Crippen LogP contribution is 2.40. The van der Waals surface area contributed by atoms with Crippen LogP contribution in [0.1, 0.15) is 107 Å². The van der Waals surface area contributed by atoms with Crippen LogP contribution in [0.4, 0.5) is 0 Å². The van der Waals surface area contributed by atoms with Crippen LogP contribution in [0.5, 0.6) is 0 Å². The van der Waals surface area contributed by atoms with Gasteiger partial charge in [-0.3, -0.25) is 0 Å². The van der Waals surface area contributed by atoms with Gasteiger partial charge in [0.2, 0.25) is 0 Å². The van der Waals surface area contributed by atoms with E-state index in [2.05, 4.69) is 69.0 Å². The fourth-order valence-electron chi connectivity index (χ4n) is 5.09. The maximum atomic E-state index is 6.40. The summed E-state index contributed by atoms with van der Waals surface area (Å²) in [5.41, 5.74) is 5.04. The third kappa shape index (κ3) is 7.73. The summed E-state index contributed by atoms with van der Waals surface area (Å²) in [6.45, 7) is 6.95. The Hall–Kier alpha value is -1.71. The average molecular weight is 435 g/mol. The number of aryl methyl sites for hydroxylation is 1. The van der Waals surface area contributed by atoms with Crippen LogP contribution in [-0.2, 0) is 6.42 Å². The molecule has 1 aliphatic rings. The Labute approximate surface area is 195 Å². The van der Waals surface area contributed by atoms with E-state index in [9.17, 15) is 0 Å². The van der Waals surface area contributed by atoms with Crippen LogP contribution in [0.15, 0.2) is 42.5 Å². The molecule has 2 aromatic carbocycles. The molecule has 3 rings (SSSR count). The maximum Gasteiger partial charge on any atom is 0.0409 e. The molecular formula is C30H39Cl. The molecule has 2 aromatic rings. The van der Waals surface area contributed by atoms with Gasteiger partial charge in [-0.25, -0.2) is 0 Å². The molecule has 0 nitrogen and oxygen atoms in total. The van der Waals surface area contributed by atoms with Gasteiger partial charge in [0.25, 0.3) is 0 Å². The average Bonchev–Trinajstić information content (AvgIpc) is 2.76. The maximum absolute atomic E-state index is 6.40. The second-order valence-electron chi connectivity index (χ2n) is 9.85. The zero-order valence-corrected chi connectivity index (χ0v) is 20.5. The largest absolute Gasteiger partial charge is 0.0843 e. The number of halogens is 1. The van der Waals surface area contributed by atoms with E-state index in [1.54, 1.807) is 0 Å². The summed E-state index contributed by atoms with van der Waals surface area (Å²) < 4.78 is 0. The quantitative estimate of drug-likeness (QED) is 0.287. The van der Waals surface area contributed by atoms with E-state index in [4.69, 9.17) is 11.6 Å². The minimum atomic E-state index is 0.589. The third-order valence-electron chi connectivity index (χ3n) is 6.66. The standard InChI is InChI=1S/C30H39Cl/c1-4-5-6-7-9-24-12-14-25(15-13-24)16-17-27-18-19-29(31)22-30(27)28-11-8-10-26(21-28)20-23(2)3/h12-15,18-19,22-23,26,28H,4-11,20-21H2,1-3H3. The lowest BCUT2D eigenvalue weighted by atomic mass is 9.74. The minimum absolute atomic E-state index is 0.589. The van der Waals surface area contributed by atoms with Gasteiger partial charge in [0.15, 0.2) is 0 Å². The van der Waals surface area contributed by atoms with Gasteiger partial charge in [-0.15, -0.1) is 0 Å². The molecule has 166 valence electrons. The number of rotatable bonds is 8. The Morgan fingerprint density at radius 1 is 0.968 bits per heavy atom. The number of unbranched alkanes of at least 4 members (excludes halogenated alkanes) is 3. The normalized spacial score (nSPS) is 18.6. The molecule has 0 spiro atoms. The SMILES string of the molecule is CCCCCCc1ccc(C#Cc2ccc(Cl)cc2C2CCCC(CC(C)C)C2)cc1. The Morgan fingerprint density at radius 3 is 2.52 bits per heavy atom. The lowest BCUT2D eigenvalue weighted by Crippen LogP contribution is -2.16. The van der Waals surface area contributed by atoms with Gasteiger partial charge >= 0.3 is 0 Å². The van der Waals surface area contributed by atoms with Crippen molar-refractivity contribution in [3.8, 4) is 11.8 Å². The van der Waals surface area contributed by atoms with E-state index >= 15 is 0 Å². The fourth-order valence-corrected chi connectivity index (χ4v) is 5.27. The summed E-state index contributed by atoms with van der Waals surface area (Å²) in [6.07, 6.45) is 13.0. The van der Waals surface area contributed by atoms with E-state index in [1.807, 2.05) is 6.07 Å². The van der Waals surface area contributed by atoms with Crippen LogP contribution in [0.3, 0.4) is 0 Å². The minimum Gasteiger partial charge on any atom is -0.0843 e. The van der Waals surface area contributed by atoms with Gasteiger partial charge in [-0.2, -0.15) is 0 Å². The van der Waals surface area contributed by atoms with Crippen molar-refractivity contribution < 1.29 is 0 Å². The summed E-state index contributed by atoms with van der Waals surface area (Å²) >= 11 is 6.40. The van der Waals surface area contributed by atoms with Crippen LogP contribution in [-0.4, -0.2) is 0 Å². The first-order valence-corrected chi connectivity index (χ1v) is 12.8. The van der Waals surface area contributed by atoms with Gasteiger partial charge in [0.1, 0.15) is 0 Å². The van der Waals surface area contributed by atoms with E-state index in [-0.39, 0.29) is 0 Å². The summed E-state index contributed by atoms with van der Waals surface area (Å²) in [6, 6.07) is 15.1. The van der Waals surface area contributed by atoms with Crippen LogP contribution >= 0.6 is 11.6 Å². The van der Waals surface area contributed by atoms with Crippen LogP contribution in [0.2, 0.25) is 5.02 Å². The Morgan fingerprint density at radius 2 is 1.77 bits per heavy atom. The number of hydrogen-bond acceptors (Lipinski definition) is 0. The van der Waals surface area contributed by atoms with Gasteiger partial charge in [0.05, 0.1) is 0 Å². The molecule has 0 saturated heterocycles. The molecule has 0 bridgehead atoms. The zero-order chi connectivity index (χ0) is 22.1. The molecule has 2 atom stereocenters. The van der Waals surface area contributed by atoms with Crippen molar-refractivity contribution >= 4 is 11.6 Å². The topological polar surface area (TPSA) is 0 Å². The molecule has 1 aliphatic carbocycles. The molecule has 0 amide bonds. The first-order chi connectivity index (χ1) is 15.0. The van der Waals surface area contributed by atoms with Crippen molar-refractivity contribution in [2.75, 3.05) is 0 Å². The van der Waals surface area contributed by atoms with E-state index in [1.165, 1.54) is 75.3 Å². The van der Waals surface area contributed by atoms with Gasteiger partial charge in [-0.1, -0.05) is 88.4 Å². The molecule has 0 radical (unpaired) electrons. The predicted molar refractivity (Wildman–Crippen MR) is 136 cm³/mol. The summed E-state index contributed by atoms with van der Waals surface area (Å²) in [7, 11) is 0. The van der Waals surface area contributed by atoms with Crippen LogP contribution in [0.25, 0.3) is 0 Å². The molecule has 31 heavy (non-hydrogen) atoms. The fraction of sp³-hybridized carbons (Fsp3) is 0.533. The monoisotopic (exact) mass is 434 g/mol. The highest BCUT2D eigenvalue weighted by molar-refractivity contribution is 6.30. The van der Waals surface area contributed by atoms with E-state index < -0.39 is 0 Å². The van der Waals surface area contributed by atoms with Crippen molar-refractivity contribution in [3.05, 3.63) is 69.7 Å². The lowest BCUT2D eigenvalue weighted by molar-refractivity contribution is 0.278. The van der Waals surface area contributed by atoms with Crippen molar-refractivity contribution in [2.45, 2.75) is 90.9 Å². The third-order valence-corrected chi connectivity index (χ3v) is 6.89. The molecule has 0 heterocycles. The molecule has 2 unspecified atom stereocenters. The first kappa shape index (κ1) is 23.9. The second-order valence-corrected chi connectivity index (χ2v) is 10.3. The summed E-state index contributed by atoms with van der Waals surface area (Å²) in [4.78, 5) is 0. The van der Waals surface area contributed by atoms with Gasteiger partial charge < -0.3 is 0 Å². The van der Waals surface area contributed by atoms with Crippen molar-refractivity contribution in [1.29, 1.82) is 0 Å². The summed E-state index contributed by atoms with van der Waals surface area (Å²) in [5.74, 6) is 9.09. The van der Waals surface area contributed by atoms with E-state index in [0.717, 1.165) is 28.0 Å². The highest BCUT2D eigenvalue weighted by atomic mass is 35.5. The smallest absolute Gasteiger partial charge is 0.0409 e. The number of hydrogen-bond donors (Lipinski definition) is 0. The highest BCUT2D eigenvalue weighted by Gasteiger charge is 2.25. The molecule has 0 aromatic heterocycles. The van der Waals surface area contributed by atoms with Gasteiger partial charge in [-0.05, 0) is 91.3 Å². The van der Waals surface area contributed by atoms with Crippen molar-refractivity contribution in [2.24, 2.45) is 11.8 Å². The van der Waals surface area contributed by atoms with Crippen LogP contribution in [0, 0.1) is 23.7 Å². The summed E-state index contributed by atoms with van der Waals surface area (Å²) in [5, 5.41) is 0.832. The molecule has 1 saturated carbocycles. The van der Waals surface area contributed by atoms with Crippen molar-refractivity contribution in [1.82, 2.24) is 0 Å². The Bertz CT molecular complexity index is 866. The molecule has 1 fully saturated rings. The molecule has 0 N–H and O–H groups in total. The second kappa shape index (κ2) is 12.4. The lowest BCUT2D eigenvalue weighted by Gasteiger charge is -2.31. The number of benzene rings is 2. The first-order valence-electron chi connectivity index (χ1n) is 12.5. The molecule has 1 heteroatoms. The predicted octanol–water partition coefficient (Wildman–Crippen LogP) is 9.18. The van der Waals surface area contributed by atoms with Gasteiger partial charge in [0, 0.05) is 16.1 Å². The zero-order valence-electron chi connectivity index (χ0n) is 19.7. The van der Waals surface area contributed by atoms with Crippen LogP contribution < -0.4 is 0 Å². The Balaban J connectivity index is 1.71. The van der Waals surface area contributed by atoms with Crippen molar-refractivity contribution in [3.63, 3.8) is 0 Å². The molecular weight excluding hydrogens is 396 g/mol. The Kier molecular flexibility index (Phi) is 9.54. The van der Waals surface area contributed by atoms with E-state index in [0.29, 0.717) is 5.92 Å².